The first-order chi connectivity index (χ1) is 22.3. The van der Waals surface area contributed by atoms with Crippen molar-refractivity contribution in [2.24, 2.45) is 0 Å². The van der Waals surface area contributed by atoms with E-state index in [1.165, 1.54) is 4.90 Å². The number of ether oxygens (including phenoxy) is 1. The number of benzene rings is 2. The van der Waals surface area contributed by atoms with Crippen LogP contribution in [0.4, 0.5) is 31.1 Å². The van der Waals surface area contributed by atoms with Crippen LogP contribution in [0, 0.1) is 0 Å². The number of carbonyl (C=O) groups excluding carboxylic acids is 2. The lowest BCUT2D eigenvalue weighted by atomic mass is 9.90. The molecule has 0 saturated carbocycles. The lowest BCUT2D eigenvalue weighted by Crippen LogP contribution is -2.58. The van der Waals surface area contributed by atoms with Crippen molar-refractivity contribution >= 4 is 12.0 Å². The number of amides is 2. The van der Waals surface area contributed by atoms with Crippen LogP contribution in [0.5, 0.6) is 0 Å². The van der Waals surface area contributed by atoms with Crippen LogP contribution in [0.25, 0.3) is 0 Å². The van der Waals surface area contributed by atoms with Crippen molar-refractivity contribution < 1.29 is 40.7 Å². The van der Waals surface area contributed by atoms with Gasteiger partial charge < -0.3 is 14.5 Å². The summed E-state index contributed by atoms with van der Waals surface area (Å²) in [6.07, 6.45) is -5.98. The van der Waals surface area contributed by atoms with Gasteiger partial charge in [-0.05, 0) is 69.2 Å². The summed E-state index contributed by atoms with van der Waals surface area (Å²) < 4.78 is 86.7. The highest BCUT2D eigenvalue weighted by molar-refractivity contribution is 5.95. The van der Waals surface area contributed by atoms with Crippen molar-refractivity contribution in [3.63, 3.8) is 0 Å². The van der Waals surface area contributed by atoms with Crippen LogP contribution in [-0.4, -0.2) is 102 Å². The lowest BCUT2D eigenvalue weighted by Gasteiger charge is -2.47. The van der Waals surface area contributed by atoms with E-state index in [0.717, 1.165) is 51.0 Å². The highest BCUT2D eigenvalue weighted by Gasteiger charge is 2.40. The third-order valence-electron chi connectivity index (χ3n) is 9.70. The molecule has 0 aromatic heterocycles. The maximum atomic E-state index is 13.7. The fraction of sp³-hybridized carbons (Fsp3) is 0.588. The van der Waals surface area contributed by atoms with Crippen LogP contribution >= 0.6 is 0 Å². The molecule has 3 heterocycles. The Kier molecular flexibility index (Phi) is 11.1. The van der Waals surface area contributed by atoms with Crippen molar-refractivity contribution in [2.75, 3.05) is 52.4 Å². The second-order valence-electron chi connectivity index (χ2n) is 12.7. The van der Waals surface area contributed by atoms with Crippen LogP contribution in [0.3, 0.4) is 0 Å². The maximum Gasteiger partial charge on any atom is 0.416 e. The molecule has 0 aliphatic carbocycles. The summed E-state index contributed by atoms with van der Waals surface area (Å²) >= 11 is 0. The molecule has 7 nitrogen and oxygen atoms in total. The van der Waals surface area contributed by atoms with Gasteiger partial charge in [-0.1, -0.05) is 30.3 Å². The second-order valence-corrected chi connectivity index (χ2v) is 12.7. The summed E-state index contributed by atoms with van der Waals surface area (Å²) in [5, 5.41) is 0. The number of hydrogen-bond acceptors (Lipinski definition) is 5. The summed E-state index contributed by atoms with van der Waals surface area (Å²) in [4.78, 5) is 34.1. The molecular weight excluding hydrogens is 626 g/mol. The second kappa shape index (κ2) is 14.8. The van der Waals surface area contributed by atoms with Gasteiger partial charge in [-0.25, -0.2) is 4.79 Å². The van der Waals surface area contributed by atoms with Crippen LogP contribution in [0.1, 0.15) is 66.1 Å². The normalized spacial score (nSPS) is 23.8. The predicted molar refractivity (Wildman–Crippen MR) is 164 cm³/mol. The Morgan fingerprint density at radius 2 is 1.36 bits per heavy atom. The molecule has 3 aliphatic rings. The van der Waals surface area contributed by atoms with Gasteiger partial charge in [-0.15, -0.1) is 0 Å². The zero-order chi connectivity index (χ0) is 33.8. The molecule has 3 atom stereocenters. The molecule has 47 heavy (non-hydrogen) atoms. The fourth-order valence-corrected chi connectivity index (χ4v) is 7.26. The number of halogens is 6. The number of hydrogen-bond donors (Lipinski definition) is 0. The molecule has 3 unspecified atom stereocenters. The number of piperidine rings is 1. The van der Waals surface area contributed by atoms with Gasteiger partial charge in [-0.2, -0.15) is 26.3 Å². The van der Waals surface area contributed by atoms with Crippen LogP contribution < -0.4 is 0 Å². The first-order valence-electron chi connectivity index (χ1n) is 16.4. The third-order valence-corrected chi connectivity index (χ3v) is 9.70. The van der Waals surface area contributed by atoms with Crippen LogP contribution in [0.2, 0.25) is 0 Å². The Bertz CT molecular complexity index is 1330. The Labute approximate surface area is 271 Å². The molecule has 0 radical (unpaired) electrons. The van der Waals surface area contributed by atoms with E-state index in [4.69, 9.17) is 4.74 Å². The highest BCUT2D eigenvalue weighted by atomic mass is 19.4. The molecule has 0 spiro atoms. The van der Waals surface area contributed by atoms with Crippen LogP contribution in [0.15, 0.2) is 48.5 Å². The number of likely N-dealkylation sites (tertiary alicyclic amines) is 2. The fourth-order valence-electron chi connectivity index (χ4n) is 7.26. The predicted octanol–water partition coefficient (Wildman–Crippen LogP) is 6.57. The van der Waals surface area contributed by atoms with Gasteiger partial charge in [0.25, 0.3) is 5.91 Å². The molecule has 3 aliphatic heterocycles. The lowest BCUT2D eigenvalue weighted by molar-refractivity contribution is -0.143. The molecule has 0 bridgehead atoms. The zero-order valence-corrected chi connectivity index (χ0v) is 26.5. The summed E-state index contributed by atoms with van der Waals surface area (Å²) in [5.74, 6) is -0.823. The van der Waals surface area contributed by atoms with E-state index in [1.807, 2.05) is 30.3 Å². The molecule has 2 amide bonds. The Balaban J connectivity index is 1.27. The summed E-state index contributed by atoms with van der Waals surface area (Å²) in [7, 11) is 0. The minimum absolute atomic E-state index is 0.0512. The SMILES string of the molecule is CCOC(=O)N1CCCC(N2CCN(C3CCN(C(=O)c4cc(C(F)(F)F)cc(C(F)(F)F)c4)C(Cc4ccccc4)C3)CC2)CC1. The van der Waals surface area contributed by atoms with Crippen molar-refractivity contribution in [1.82, 2.24) is 19.6 Å². The summed E-state index contributed by atoms with van der Waals surface area (Å²) in [5.41, 5.74) is -2.66. The molecule has 3 fully saturated rings. The van der Waals surface area contributed by atoms with Crippen LogP contribution in [-0.2, 0) is 23.5 Å². The summed E-state index contributed by atoms with van der Waals surface area (Å²) in [6.45, 7) is 7.08. The van der Waals surface area contributed by atoms with Gasteiger partial charge in [0, 0.05) is 69.5 Å². The number of alkyl halides is 6. The Hall–Kier alpha value is -3.32. The van der Waals surface area contributed by atoms with Gasteiger partial charge in [0.05, 0.1) is 17.7 Å². The monoisotopic (exact) mass is 668 g/mol. The van der Waals surface area contributed by atoms with E-state index in [-0.39, 0.29) is 24.7 Å². The molecule has 2 aromatic rings. The standard InChI is InChI=1S/C34H42F6N4O3/c1-2-47-32(46)43-12-6-9-28(10-13-43)41-15-17-42(18-16-41)29-11-14-44(30(23-29)19-24-7-4-3-5-8-24)31(45)25-20-26(33(35,36)37)22-27(21-25)34(38,39)40/h3-5,7-8,20-22,28-30H,2,6,9-19,23H2,1H3. The van der Waals surface area contributed by atoms with Gasteiger partial charge >= 0.3 is 18.4 Å². The average molecular weight is 669 g/mol. The van der Waals surface area contributed by atoms with E-state index in [2.05, 4.69) is 9.80 Å². The van der Waals surface area contributed by atoms with E-state index >= 15 is 0 Å². The Morgan fingerprint density at radius 3 is 1.96 bits per heavy atom. The van der Waals surface area contributed by atoms with Gasteiger partial charge in [0.1, 0.15) is 0 Å². The average Bonchev–Trinajstić information content (AvgIpc) is 3.31. The topological polar surface area (TPSA) is 56.3 Å². The molecule has 0 N–H and O–H groups in total. The first kappa shape index (κ1) is 35.0. The molecule has 3 saturated heterocycles. The maximum absolute atomic E-state index is 13.7. The highest BCUT2D eigenvalue weighted by Crippen LogP contribution is 2.37. The molecule has 2 aromatic carbocycles. The minimum atomic E-state index is -5.04. The van der Waals surface area contributed by atoms with E-state index in [1.54, 1.807) is 11.8 Å². The number of piperazine rings is 1. The quantitative estimate of drug-likeness (QED) is 0.326. The first-order valence-corrected chi connectivity index (χ1v) is 16.4. The number of carbonyl (C=O) groups is 2. The minimum Gasteiger partial charge on any atom is -0.450 e. The number of nitrogens with zero attached hydrogens (tertiary/aromatic N) is 4. The molecule has 5 rings (SSSR count). The van der Waals surface area contributed by atoms with Gasteiger partial charge in [0.2, 0.25) is 0 Å². The van der Waals surface area contributed by atoms with Gasteiger partial charge in [-0.3, -0.25) is 14.6 Å². The Morgan fingerprint density at radius 1 is 0.766 bits per heavy atom. The zero-order valence-electron chi connectivity index (χ0n) is 26.5. The van der Waals surface area contributed by atoms with Gasteiger partial charge in [0.15, 0.2) is 0 Å². The van der Waals surface area contributed by atoms with Crippen molar-refractivity contribution in [3.05, 3.63) is 70.8 Å². The largest absolute Gasteiger partial charge is 0.450 e. The van der Waals surface area contributed by atoms with Crippen molar-refractivity contribution in [2.45, 2.75) is 75.9 Å². The third kappa shape index (κ3) is 8.78. The van der Waals surface area contributed by atoms with Crippen molar-refractivity contribution in [1.29, 1.82) is 0 Å². The molecule has 13 heteroatoms. The van der Waals surface area contributed by atoms with E-state index < -0.39 is 41.0 Å². The molecular formula is C34H42F6N4O3. The molecule has 258 valence electrons. The number of rotatable bonds is 6. The van der Waals surface area contributed by atoms with E-state index in [0.29, 0.717) is 57.1 Å². The smallest absolute Gasteiger partial charge is 0.416 e. The van der Waals surface area contributed by atoms with E-state index in [9.17, 15) is 35.9 Å². The summed E-state index contributed by atoms with van der Waals surface area (Å²) in [6, 6.07) is 10.6. The van der Waals surface area contributed by atoms with Crippen molar-refractivity contribution in [3.8, 4) is 0 Å².